The zero-order valence-corrected chi connectivity index (χ0v) is 14.5. The van der Waals surface area contributed by atoms with E-state index in [2.05, 4.69) is 56.4 Å². The summed E-state index contributed by atoms with van der Waals surface area (Å²) in [6, 6.07) is 6.27. The summed E-state index contributed by atoms with van der Waals surface area (Å²) >= 11 is 2.28. The van der Waals surface area contributed by atoms with Crippen LogP contribution in [-0.2, 0) is 0 Å². The molecule has 106 valence electrons. The van der Waals surface area contributed by atoms with Crippen molar-refractivity contribution < 1.29 is 4.79 Å². The van der Waals surface area contributed by atoms with Crippen LogP contribution in [0.25, 0.3) is 0 Å². The van der Waals surface area contributed by atoms with Gasteiger partial charge in [0.15, 0.2) is 0 Å². The van der Waals surface area contributed by atoms with Crippen LogP contribution in [0.4, 0.5) is 0 Å². The van der Waals surface area contributed by atoms with Crippen molar-refractivity contribution in [2.24, 2.45) is 0 Å². The molecule has 19 heavy (non-hydrogen) atoms. The summed E-state index contributed by atoms with van der Waals surface area (Å²) in [5.41, 5.74) is 2.02. The first-order valence-electron chi connectivity index (χ1n) is 7.08. The largest absolute Gasteiger partial charge is 0.336 e. The summed E-state index contributed by atoms with van der Waals surface area (Å²) in [6.45, 7) is 9.34. The van der Waals surface area contributed by atoms with Crippen molar-refractivity contribution in [2.45, 2.75) is 53.0 Å². The molecule has 0 aliphatic rings. The molecule has 0 saturated heterocycles. The molecule has 1 atom stereocenters. The average molecular weight is 373 g/mol. The SMILES string of the molecule is CCCCN(C(=O)c1cccc(C)c1I)C(C)CC. The Morgan fingerprint density at radius 1 is 1.37 bits per heavy atom. The third kappa shape index (κ3) is 4.20. The second-order valence-corrected chi connectivity index (χ2v) is 6.12. The van der Waals surface area contributed by atoms with E-state index in [1.807, 2.05) is 17.0 Å². The van der Waals surface area contributed by atoms with Crippen molar-refractivity contribution in [3.05, 3.63) is 32.9 Å². The Hall–Kier alpha value is -0.580. The highest BCUT2D eigenvalue weighted by atomic mass is 127. The number of carbonyl (C=O) groups is 1. The van der Waals surface area contributed by atoms with E-state index >= 15 is 0 Å². The number of hydrogen-bond acceptors (Lipinski definition) is 1. The summed E-state index contributed by atoms with van der Waals surface area (Å²) in [6.07, 6.45) is 3.18. The number of nitrogens with zero attached hydrogens (tertiary/aromatic N) is 1. The Labute approximate surface area is 130 Å². The molecule has 1 amide bonds. The zero-order chi connectivity index (χ0) is 14.4. The second kappa shape index (κ2) is 7.88. The Morgan fingerprint density at radius 3 is 2.63 bits per heavy atom. The van der Waals surface area contributed by atoms with E-state index in [0.717, 1.165) is 34.9 Å². The smallest absolute Gasteiger partial charge is 0.255 e. The van der Waals surface area contributed by atoms with Crippen molar-refractivity contribution in [3.8, 4) is 0 Å². The number of rotatable bonds is 6. The molecule has 0 N–H and O–H groups in total. The predicted octanol–water partition coefficient (Wildman–Crippen LogP) is 4.64. The van der Waals surface area contributed by atoms with Gasteiger partial charge < -0.3 is 4.90 Å². The summed E-state index contributed by atoms with van der Waals surface area (Å²) in [7, 11) is 0. The number of carbonyl (C=O) groups excluding carboxylic acids is 1. The highest BCUT2D eigenvalue weighted by Crippen LogP contribution is 2.20. The maximum absolute atomic E-state index is 12.7. The molecule has 1 rings (SSSR count). The molecule has 1 aromatic carbocycles. The highest BCUT2D eigenvalue weighted by molar-refractivity contribution is 14.1. The van der Waals surface area contributed by atoms with Gasteiger partial charge in [0, 0.05) is 16.2 Å². The van der Waals surface area contributed by atoms with Crippen LogP contribution in [-0.4, -0.2) is 23.4 Å². The molecular weight excluding hydrogens is 349 g/mol. The fraction of sp³-hybridized carbons (Fsp3) is 0.562. The lowest BCUT2D eigenvalue weighted by atomic mass is 10.1. The van der Waals surface area contributed by atoms with Crippen molar-refractivity contribution in [2.75, 3.05) is 6.54 Å². The third-order valence-corrected chi connectivity index (χ3v) is 4.99. The molecule has 3 heteroatoms. The van der Waals surface area contributed by atoms with Crippen molar-refractivity contribution >= 4 is 28.5 Å². The number of halogens is 1. The molecule has 0 saturated carbocycles. The quantitative estimate of drug-likeness (QED) is 0.666. The lowest BCUT2D eigenvalue weighted by Crippen LogP contribution is -2.39. The summed E-state index contributed by atoms with van der Waals surface area (Å²) < 4.78 is 1.08. The molecule has 0 bridgehead atoms. The standard InChI is InChI=1S/C16H24INO/c1-5-7-11-18(13(4)6-2)16(19)14-10-8-9-12(3)15(14)17/h8-10,13H,5-7,11H2,1-4H3. The predicted molar refractivity (Wildman–Crippen MR) is 89.6 cm³/mol. The van der Waals surface area contributed by atoms with Gasteiger partial charge in [-0.3, -0.25) is 4.79 Å². The molecule has 1 aromatic rings. The lowest BCUT2D eigenvalue weighted by molar-refractivity contribution is 0.0684. The molecule has 1 unspecified atom stereocenters. The van der Waals surface area contributed by atoms with Gasteiger partial charge in [-0.05, 0) is 60.9 Å². The zero-order valence-electron chi connectivity index (χ0n) is 12.4. The van der Waals surface area contributed by atoms with Gasteiger partial charge in [0.05, 0.1) is 5.56 Å². The van der Waals surface area contributed by atoms with Crippen LogP contribution in [0.1, 0.15) is 56.0 Å². The Balaban J connectivity index is 3.01. The second-order valence-electron chi connectivity index (χ2n) is 5.05. The lowest BCUT2D eigenvalue weighted by Gasteiger charge is -2.29. The molecule has 0 aliphatic heterocycles. The van der Waals surface area contributed by atoms with Gasteiger partial charge in [-0.1, -0.05) is 32.4 Å². The van der Waals surface area contributed by atoms with Crippen molar-refractivity contribution in [3.63, 3.8) is 0 Å². The minimum Gasteiger partial charge on any atom is -0.336 e. The van der Waals surface area contributed by atoms with Gasteiger partial charge >= 0.3 is 0 Å². The maximum atomic E-state index is 12.7. The van der Waals surface area contributed by atoms with Crippen LogP contribution in [0, 0.1) is 10.5 Å². The summed E-state index contributed by atoms with van der Waals surface area (Å²) in [5, 5.41) is 0. The molecule has 0 aromatic heterocycles. The van der Waals surface area contributed by atoms with E-state index in [9.17, 15) is 4.79 Å². The molecule has 0 radical (unpaired) electrons. The number of hydrogen-bond donors (Lipinski definition) is 0. The fourth-order valence-corrected chi connectivity index (χ4v) is 2.63. The number of amides is 1. The molecular formula is C16H24INO. The number of unbranched alkanes of at least 4 members (excludes halogenated alkanes) is 1. The molecule has 0 spiro atoms. The Bertz CT molecular complexity index is 431. The van der Waals surface area contributed by atoms with Gasteiger partial charge in [0.1, 0.15) is 0 Å². The number of benzene rings is 1. The van der Waals surface area contributed by atoms with Gasteiger partial charge in [0.25, 0.3) is 5.91 Å². The first kappa shape index (κ1) is 16.5. The van der Waals surface area contributed by atoms with Gasteiger partial charge in [-0.25, -0.2) is 0 Å². The number of aryl methyl sites for hydroxylation is 1. The van der Waals surface area contributed by atoms with Gasteiger partial charge in [-0.15, -0.1) is 0 Å². The fourth-order valence-electron chi connectivity index (χ4n) is 2.04. The third-order valence-electron chi connectivity index (χ3n) is 3.56. The monoisotopic (exact) mass is 373 g/mol. The van der Waals surface area contributed by atoms with E-state index < -0.39 is 0 Å². The molecule has 2 nitrogen and oxygen atoms in total. The average Bonchev–Trinajstić information content (AvgIpc) is 2.41. The molecule has 0 aliphatic carbocycles. The Morgan fingerprint density at radius 2 is 2.05 bits per heavy atom. The van der Waals surface area contributed by atoms with Crippen LogP contribution in [0.15, 0.2) is 18.2 Å². The van der Waals surface area contributed by atoms with Crippen LogP contribution in [0.5, 0.6) is 0 Å². The van der Waals surface area contributed by atoms with Crippen LogP contribution in [0.3, 0.4) is 0 Å². The summed E-state index contributed by atoms with van der Waals surface area (Å²) in [5.74, 6) is 0.177. The van der Waals surface area contributed by atoms with E-state index in [4.69, 9.17) is 0 Å². The minimum atomic E-state index is 0.177. The maximum Gasteiger partial charge on any atom is 0.255 e. The topological polar surface area (TPSA) is 20.3 Å². The van der Waals surface area contributed by atoms with Gasteiger partial charge in [-0.2, -0.15) is 0 Å². The Kier molecular flexibility index (Phi) is 6.83. The normalized spacial score (nSPS) is 12.3. The van der Waals surface area contributed by atoms with Crippen molar-refractivity contribution in [1.82, 2.24) is 4.90 Å². The molecule has 0 heterocycles. The van der Waals surface area contributed by atoms with E-state index in [1.54, 1.807) is 0 Å². The molecule has 0 fully saturated rings. The van der Waals surface area contributed by atoms with Crippen molar-refractivity contribution in [1.29, 1.82) is 0 Å². The van der Waals surface area contributed by atoms with Gasteiger partial charge in [0.2, 0.25) is 0 Å². The summed E-state index contributed by atoms with van der Waals surface area (Å²) in [4.78, 5) is 14.8. The minimum absolute atomic E-state index is 0.177. The van der Waals surface area contributed by atoms with Crippen LogP contribution >= 0.6 is 22.6 Å². The first-order chi connectivity index (χ1) is 9.02. The van der Waals surface area contributed by atoms with Crippen LogP contribution in [0.2, 0.25) is 0 Å². The van der Waals surface area contributed by atoms with E-state index in [0.29, 0.717) is 6.04 Å². The van der Waals surface area contributed by atoms with E-state index in [1.165, 1.54) is 5.56 Å². The first-order valence-corrected chi connectivity index (χ1v) is 8.16. The highest BCUT2D eigenvalue weighted by Gasteiger charge is 2.22. The van der Waals surface area contributed by atoms with E-state index in [-0.39, 0.29) is 5.91 Å². The van der Waals surface area contributed by atoms with Crippen LogP contribution < -0.4 is 0 Å².